The predicted molar refractivity (Wildman–Crippen MR) is 73.6 cm³/mol. The summed E-state index contributed by atoms with van der Waals surface area (Å²) in [5.41, 5.74) is 0.670. The lowest BCUT2D eigenvalue weighted by Crippen LogP contribution is -2.28. The topological polar surface area (TPSA) is 46.1 Å². The van der Waals surface area contributed by atoms with Crippen molar-refractivity contribution in [2.45, 2.75) is 20.3 Å². The Kier molecular flexibility index (Phi) is 4.21. The van der Waals surface area contributed by atoms with Gasteiger partial charge in [-0.25, -0.2) is 4.39 Å². The minimum Gasteiger partial charge on any atom is -0.287 e. The molecule has 0 atom stereocenters. The lowest BCUT2D eigenvalue weighted by molar-refractivity contribution is -0.116. The van der Waals surface area contributed by atoms with Crippen LogP contribution in [0.5, 0.6) is 0 Å². The van der Waals surface area contributed by atoms with Gasteiger partial charge in [-0.05, 0) is 18.6 Å². The molecule has 19 heavy (non-hydrogen) atoms. The van der Waals surface area contributed by atoms with E-state index in [1.54, 1.807) is 17.0 Å². The van der Waals surface area contributed by atoms with Crippen molar-refractivity contribution >= 4 is 22.4 Å². The van der Waals surface area contributed by atoms with E-state index in [9.17, 15) is 9.18 Å². The van der Waals surface area contributed by atoms with Crippen molar-refractivity contribution in [2.75, 3.05) is 11.4 Å². The molecular formula is C13H14FN3OS. The van der Waals surface area contributed by atoms with Gasteiger partial charge in [-0.15, -0.1) is 10.2 Å². The first-order valence-corrected chi connectivity index (χ1v) is 6.81. The molecule has 0 N–H and O–H groups in total. The maximum absolute atomic E-state index is 13.2. The van der Waals surface area contributed by atoms with Crippen molar-refractivity contribution < 1.29 is 9.18 Å². The number of amides is 1. The number of carbonyl (C=O) groups is 1. The maximum atomic E-state index is 13.2. The molecular weight excluding hydrogens is 265 g/mol. The van der Waals surface area contributed by atoms with Gasteiger partial charge in [-0.2, -0.15) is 0 Å². The van der Waals surface area contributed by atoms with Gasteiger partial charge in [0, 0.05) is 19.0 Å². The van der Waals surface area contributed by atoms with Crippen LogP contribution >= 0.6 is 11.3 Å². The molecule has 2 aromatic rings. The van der Waals surface area contributed by atoms with Gasteiger partial charge in [0.15, 0.2) is 0 Å². The van der Waals surface area contributed by atoms with E-state index in [-0.39, 0.29) is 11.7 Å². The third-order valence-corrected chi connectivity index (χ3v) is 3.54. The first-order valence-electron chi connectivity index (χ1n) is 5.99. The number of nitrogens with zero attached hydrogens (tertiary/aromatic N) is 3. The monoisotopic (exact) mass is 279 g/mol. The molecule has 0 spiro atoms. The van der Waals surface area contributed by atoms with Crippen LogP contribution in [0, 0.1) is 5.82 Å². The zero-order chi connectivity index (χ0) is 13.8. The molecule has 1 aromatic heterocycles. The second kappa shape index (κ2) is 5.88. The van der Waals surface area contributed by atoms with Crippen molar-refractivity contribution in [3.8, 4) is 10.6 Å². The number of carbonyl (C=O) groups excluding carboxylic acids is 1. The number of halogens is 1. The average molecular weight is 279 g/mol. The Morgan fingerprint density at radius 3 is 2.84 bits per heavy atom. The van der Waals surface area contributed by atoms with Gasteiger partial charge in [0.2, 0.25) is 11.0 Å². The highest BCUT2D eigenvalue weighted by molar-refractivity contribution is 7.18. The smallest absolute Gasteiger partial charge is 0.225 e. The van der Waals surface area contributed by atoms with Crippen LogP contribution in [-0.2, 0) is 4.79 Å². The van der Waals surface area contributed by atoms with Crippen LogP contribution in [0.2, 0.25) is 0 Å². The lowest BCUT2D eigenvalue weighted by atomic mass is 10.2. The van der Waals surface area contributed by atoms with E-state index in [4.69, 9.17) is 0 Å². The molecule has 2 rings (SSSR count). The van der Waals surface area contributed by atoms with Crippen LogP contribution in [0.15, 0.2) is 24.3 Å². The number of benzene rings is 1. The molecule has 0 fully saturated rings. The third kappa shape index (κ3) is 3.14. The summed E-state index contributed by atoms with van der Waals surface area (Å²) in [6, 6.07) is 6.18. The summed E-state index contributed by atoms with van der Waals surface area (Å²) in [7, 11) is 0. The SMILES string of the molecule is CCCN(C(C)=O)c1nnc(-c2cccc(F)c2)s1. The number of hydrogen-bond donors (Lipinski definition) is 0. The summed E-state index contributed by atoms with van der Waals surface area (Å²) in [6.45, 7) is 4.09. The van der Waals surface area contributed by atoms with E-state index in [0.717, 1.165) is 6.42 Å². The quantitative estimate of drug-likeness (QED) is 0.864. The molecule has 6 heteroatoms. The fraction of sp³-hybridized carbons (Fsp3) is 0.308. The number of aromatic nitrogens is 2. The Morgan fingerprint density at radius 2 is 2.21 bits per heavy atom. The highest BCUT2D eigenvalue weighted by Gasteiger charge is 2.16. The number of hydrogen-bond acceptors (Lipinski definition) is 4. The first kappa shape index (κ1) is 13.6. The van der Waals surface area contributed by atoms with Gasteiger partial charge in [0.25, 0.3) is 0 Å². The minimum absolute atomic E-state index is 0.0659. The Bertz CT molecular complexity index is 585. The molecule has 0 saturated carbocycles. The molecule has 0 saturated heterocycles. The second-order valence-corrected chi connectivity index (χ2v) is 5.03. The molecule has 0 bridgehead atoms. The number of anilines is 1. The van der Waals surface area contributed by atoms with Crippen LogP contribution < -0.4 is 4.90 Å². The van der Waals surface area contributed by atoms with Gasteiger partial charge in [-0.3, -0.25) is 9.69 Å². The molecule has 1 heterocycles. The van der Waals surface area contributed by atoms with Crippen molar-refractivity contribution in [1.29, 1.82) is 0 Å². The molecule has 0 unspecified atom stereocenters. The van der Waals surface area contributed by atoms with Gasteiger partial charge in [0.05, 0.1) is 0 Å². The first-order chi connectivity index (χ1) is 9.11. The summed E-state index contributed by atoms with van der Waals surface area (Å²) >= 11 is 1.29. The summed E-state index contributed by atoms with van der Waals surface area (Å²) in [5.74, 6) is -0.380. The van der Waals surface area contributed by atoms with Crippen molar-refractivity contribution in [3.63, 3.8) is 0 Å². The van der Waals surface area contributed by atoms with Crippen molar-refractivity contribution in [3.05, 3.63) is 30.1 Å². The third-order valence-electron chi connectivity index (χ3n) is 2.54. The van der Waals surface area contributed by atoms with Crippen LogP contribution in [0.1, 0.15) is 20.3 Å². The Labute approximate surface area is 114 Å². The molecule has 4 nitrogen and oxygen atoms in total. The van der Waals surface area contributed by atoms with Gasteiger partial charge >= 0.3 is 0 Å². The zero-order valence-corrected chi connectivity index (χ0v) is 11.6. The standard InChI is InChI=1S/C13H14FN3OS/c1-3-7-17(9(2)18)13-16-15-12(19-13)10-5-4-6-11(14)8-10/h4-6,8H,3,7H2,1-2H3. The van der Waals surface area contributed by atoms with Crippen LogP contribution in [0.25, 0.3) is 10.6 Å². The van der Waals surface area contributed by atoms with Gasteiger partial charge in [0.1, 0.15) is 10.8 Å². The summed E-state index contributed by atoms with van der Waals surface area (Å²) in [6.07, 6.45) is 0.842. The summed E-state index contributed by atoms with van der Waals surface area (Å²) in [4.78, 5) is 13.1. The minimum atomic E-state index is -0.314. The molecule has 1 amide bonds. The van der Waals surface area contributed by atoms with E-state index < -0.39 is 0 Å². The van der Waals surface area contributed by atoms with Crippen molar-refractivity contribution in [2.24, 2.45) is 0 Å². The largest absolute Gasteiger partial charge is 0.287 e. The Morgan fingerprint density at radius 1 is 1.42 bits per heavy atom. The highest BCUT2D eigenvalue weighted by Crippen LogP contribution is 2.29. The van der Waals surface area contributed by atoms with E-state index in [1.807, 2.05) is 6.92 Å². The van der Waals surface area contributed by atoms with E-state index >= 15 is 0 Å². The van der Waals surface area contributed by atoms with Crippen molar-refractivity contribution in [1.82, 2.24) is 10.2 Å². The van der Waals surface area contributed by atoms with E-state index in [2.05, 4.69) is 10.2 Å². The second-order valence-electron chi connectivity index (χ2n) is 4.07. The number of rotatable bonds is 4. The summed E-state index contributed by atoms with van der Waals surface area (Å²) < 4.78 is 13.2. The predicted octanol–water partition coefficient (Wildman–Crippen LogP) is 3.11. The molecule has 100 valence electrons. The Balaban J connectivity index is 2.30. The summed E-state index contributed by atoms with van der Waals surface area (Å²) in [5, 5.41) is 9.19. The normalized spacial score (nSPS) is 10.5. The van der Waals surface area contributed by atoms with Crippen LogP contribution in [0.4, 0.5) is 9.52 Å². The average Bonchev–Trinajstić information content (AvgIpc) is 2.84. The van der Waals surface area contributed by atoms with E-state index in [0.29, 0.717) is 22.2 Å². The fourth-order valence-electron chi connectivity index (χ4n) is 1.67. The molecule has 0 aliphatic heterocycles. The Hall–Kier alpha value is -1.82. The van der Waals surface area contributed by atoms with Gasteiger partial charge < -0.3 is 0 Å². The van der Waals surface area contributed by atoms with Crippen LogP contribution in [0.3, 0.4) is 0 Å². The molecule has 1 aromatic carbocycles. The molecule has 0 aliphatic carbocycles. The lowest BCUT2D eigenvalue weighted by Gasteiger charge is -2.15. The van der Waals surface area contributed by atoms with Crippen LogP contribution in [-0.4, -0.2) is 22.6 Å². The van der Waals surface area contributed by atoms with Gasteiger partial charge in [-0.1, -0.05) is 30.4 Å². The fourth-order valence-corrected chi connectivity index (χ4v) is 2.59. The molecule has 0 radical (unpaired) electrons. The zero-order valence-electron chi connectivity index (χ0n) is 10.8. The highest BCUT2D eigenvalue weighted by atomic mass is 32.1. The maximum Gasteiger partial charge on any atom is 0.225 e. The molecule has 0 aliphatic rings. The van der Waals surface area contributed by atoms with E-state index in [1.165, 1.54) is 30.4 Å².